The lowest BCUT2D eigenvalue weighted by molar-refractivity contribution is -0.919. The Morgan fingerprint density at radius 1 is 1.06 bits per heavy atom. The molecule has 1 aliphatic heterocycles. The number of ether oxygens (including phenoxy) is 2. The average Bonchev–Trinajstić information content (AvgIpc) is 2.79. The second kappa shape index (κ2) is 11.8. The van der Waals surface area contributed by atoms with E-state index in [0.717, 1.165) is 62.5 Å². The fraction of sp³-hybridized carbons (Fsp3) is 0.500. The third-order valence-electron chi connectivity index (χ3n) is 6.00. The molecule has 31 heavy (non-hydrogen) atoms. The van der Waals surface area contributed by atoms with Crippen LogP contribution in [0.5, 0.6) is 11.5 Å². The van der Waals surface area contributed by atoms with Crippen molar-refractivity contribution in [3.8, 4) is 11.5 Å². The van der Waals surface area contributed by atoms with Crippen LogP contribution in [0, 0.1) is 11.8 Å². The van der Waals surface area contributed by atoms with Gasteiger partial charge in [0.25, 0.3) is 0 Å². The van der Waals surface area contributed by atoms with E-state index < -0.39 is 0 Å². The van der Waals surface area contributed by atoms with E-state index in [1.54, 1.807) is 7.11 Å². The normalized spacial score (nSPS) is 18.6. The number of nitrogens with one attached hydrogen (secondary N) is 2. The summed E-state index contributed by atoms with van der Waals surface area (Å²) in [7, 11) is 1.69. The van der Waals surface area contributed by atoms with Crippen LogP contribution >= 0.6 is 0 Å². The molecule has 0 unspecified atom stereocenters. The Hall–Kier alpha value is -2.53. The molecule has 168 valence electrons. The number of hydrogen-bond donors (Lipinski definition) is 2. The van der Waals surface area contributed by atoms with E-state index in [-0.39, 0.29) is 11.8 Å². The van der Waals surface area contributed by atoms with E-state index in [1.807, 2.05) is 24.3 Å². The van der Waals surface area contributed by atoms with Crippen molar-refractivity contribution in [3.05, 3.63) is 59.7 Å². The smallest absolute Gasteiger partial charge is 0.223 e. The van der Waals surface area contributed by atoms with Crippen LogP contribution in [0.1, 0.15) is 44.2 Å². The monoisotopic (exact) mass is 425 g/mol. The van der Waals surface area contributed by atoms with E-state index in [0.29, 0.717) is 12.5 Å². The summed E-state index contributed by atoms with van der Waals surface area (Å²) in [6.45, 7) is 8.68. The number of hydrogen-bond acceptors (Lipinski definition) is 3. The third-order valence-corrected chi connectivity index (χ3v) is 6.00. The Bertz CT molecular complexity index is 815. The van der Waals surface area contributed by atoms with E-state index >= 15 is 0 Å². The quantitative estimate of drug-likeness (QED) is 0.615. The lowest BCUT2D eigenvalue weighted by Gasteiger charge is -2.29. The zero-order valence-corrected chi connectivity index (χ0v) is 19.2. The molecule has 3 rings (SSSR count). The zero-order chi connectivity index (χ0) is 22.1. The number of rotatable bonds is 10. The van der Waals surface area contributed by atoms with Gasteiger partial charge >= 0.3 is 0 Å². The van der Waals surface area contributed by atoms with E-state index in [1.165, 1.54) is 10.5 Å². The summed E-state index contributed by atoms with van der Waals surface area (Å²) in [4.78, 5) is 13.9. The van der Waals surface area contributed by atoms with Gasteiger partial charge in [0.1, 0.15) is 13.2 Å². The first-order chi connectivity index (χ1) is 15.0. The topological polar surface area (TPSA) is 52.0 Å². The van der Waals surface area contributed by atoms with Crippen molar-refractivity contribution < 1.29 is 19.2 Å². The Labute approximate surface area is 186 Å². The molecule has 0 spiro atoms. The molecule has 2 N–H and O–H groups in total. The lowest BCUT2D eigenvalue weighted by atomic mass is 9.95. The van der Waals surface area contributed by atoms with Gasteiger partial charge in [0.15, 0.2) is 11.5 Å². The minimum absolute atomic E-state index is 0.166. The molecular weight excluding hydrogens is 388 g/mol. The van der Waals surface area contributed by atoms with E-state index in [9.17, 15) is 4.79 Å². The standard InChI is InChI=1S/C26H36N2O3/c1-20(2)11-14-27-26(29)23-12-15-28(16-13-23)18-22-9-10-24(25(17-22)30-3)31-19-21-7-5-4-6-8-21/h4-10,17,20,23H,11-16,18-19H2,1-3H3,(H,27,29)/p+1. The molecule has 1 aliphatic rings. The molecule has 5 heteroatoms. The Balaban J connectivity index is 1.47. The maximum atomic E-state index is 12.4. The summed E-state index contributed by atoms with van der Waals surface area (Å²) in [5.41, 5.74) is 2.37. The zero-order valence-electron chi connectivity index (χ0n) is 19.2. The minimum Gasteiger partial charge on any atom is -0.493 e. The number of piperidine rings is 1. The summed E-state index contributed by atoms with van der Waals surface area (Å²) in [5, 5.41) is 3.11. The van der Waals surface area contributed by atoms with Crippen molar-refractivity contribution in [2.75, 3.05) is 26.7 Å². The fourth-order valence-corrected chi connectivity index (χ4v) is 4.06. The van der Waals surface area contributed by atoms with Crippen molar-refractivity contribution in [2.24, 2.45) is 11.8 Å². The van der Waals surface area contributed by atoms with Crippen molar-refractivity contribution >= 4 is 5.91 Å². The molecule has 2 aromatic rings. The average molecular weight is 426 g/mol. The maximum Gasteiger partial charge on any atom is 0.223 e. The first kappa shape index (κ1) is 23.1. The van der Waals surface area contributed by atoms with Crippen LogP contribution in [-0.4, -0.2) is 32.7 Å². The Kier molecular flexibility index (Phi) is 8.77. The van der Waals surface area contributed by atoms with Gasteiger partial charge in [-0.05, 0) is 36.1 Å². The number of carbonyl (C=O) groups is 1. The number of benzene rings is 2. The van der Waals surface area contributed by atoms with Crippen LogP contribution in [0.4, 0.5) is 0 Å². The van der Waals surface area contributed by atoms with Crippen molar-refractivity contribution in [1.29, 1.82) is 0 Å². The van der Waals surface area contributed by atoms with Gasteiger partial charge in [0.05, 0.1) is 20.2 Å². The van der Waals surface area contributed by atoms with E-state index in [4.69, 9.17) is 9.47 Å². The van der Waals surface area contributed by atoms with Gasteiger partial charge in [-0.15, -0.1) is 0 Å². The minimum atomic E-state index is 0.166. The number of methoxy groups -OCH3 is 1. The van der Waals surface area contributed by atoms with Gasteiger partial charge in [-0.3, -0.25) is 4.79 Å². The maximum absolute atomic E-state index is 12.4. The fourth-order valence-electron chi connectivity index (χ4n) is 4.06. The predicted octanol–water partition coefficient (Wildman–Crippen LogP) is 3.23. The number of quaternary nitrogens is 1. The van der Waals surface area contributed by atoms with Crippen LogP contribution < -0.4 is 19.7 Å². The summed E-state index contributed by atoms with van der Waals surface area (Å²) in [5.74, 6) is 2.56. The van der Waals surface area contributed by atoms with Crippen LogP contribution in [0.25, 0.3) is 0 Å². The molecule has 1 heterocycles. The summed E-state index contributed by atoms with van der Waals surface area (Å²) < 4.78 is 11.5. The molecule has 0 aromatic heterocycles. The van der Waals surface area contributed by atoms with Gasteiger partial charge in [0, 0.05) is 30.9 Å². The van der Waals surface area contributed by atoms with Gasteiger partial charge in [-0.1, -0.05) is 44.2 Å². The molecule has 5 nitrogen and oxygen atoms in total. The lowest BCUT2D eigenvalue weighted by Crippen LogP contribution is -3.11. The van der Waals surface area contributed by atoms with E-state index in [2.05, 4.69) is 43.4 Å². The predicted molar refractivity (Wildman–Crippen MR) is 123 cm³/mol. The molecule has 2 aromatic carbocycles. The molecule has 0 atom stereocenters. The molecular formula is C26H37N2O3+. The number of amides is 1. The van der Waals surface area contributed by atoms with Crippen LogP contribution in [0.3, 0.4) is 0 Å². The molecule has 0 bridgehead atoms. The van der Waals surface area contributed by atoms with Gasteiger partial charge in [0.2, 0.25) is 5.91 Å². The van der Waals surface area contributed by atoms with Crippen LogP contribution in [0.2, 0.25) is 0 Å². The second-order valence-corrected chi connectivity index (χ2v) is 8.93. The summed E-state index contributed by atoms with van der Waals surface area (Å²) in [6, 6.07) is 16.4. The van der Waals surface area contributed by atoms with Crippen molar-refractivity contribution in [3.63, 3.8) is 0 Å². The van der Waals surface area contributed by atoms with Crippen molar-refractivity contribution in [2.45, 2.75) is 46.3 Å². The molecule has 0 radical (unpaired) electrons. The summed E-state index contributed by atoms with van der Waals surface area (Å²) in [6.07, 6.45) is 2.96. The van der Waals surface area contributed by atoms with Crippen LogP contribution in [-0.2, 0) is 17.9 Å². The Morgan fingerprint density at radius 2 is 1.81 bits per heavy atom. The third kappa shape index (κ3) is 7.28. The molecule has 0 saturated carbocycles. The van der Waals surface area contributed by atoms with Crippen molar-refractivity contribution in [1.82, 2.24) is 5.32 Å². The second-order valence-electron chi connectivity index (χ2n) is 8.93. The SMILES string of the molecule is COc1cc(C[NH+]2CCC(C(=O)NCCC(C)C)CC2)ccc1OCc1ccccc1. The van der Waals surface area contributed by atoms with Crippen LogP contribution in [0.15, 0.2) is 48.5 Å². The van der Waals surface area contributed by atoms with Gasteiger partial charge in [-0.25, -0.2) is 0 Å². The highest BCUT2D eigenvalue weighted by molar-refractivity contribution is 5.78. The molecule has 0 aliphatic carbocycles. The first-order valence-electron chi connectivity index (χ1n) is 11.5. The number of carbonyl (C=O) groups excluding carboxylic acids is 1. The Morgan fingerprint density at radius 3 is 2.48 bits per heavy atom. The number of likely N-dealkylation sites (tertiary alicyclic amines) is 1. The molecule has 1 fully saturated rings. The highest BCUT2D eigenvalue weighted by atomic mass is 16.5. The van der Waals surface area contributed by atoms with Gasteiger partial charge in [-0.2, -0.15) is 0 Å². The highest BCUT2D eigenvalue weighted by Crippen LogP contribution is 2.28. The molecule has 1 saturated heterocycles. The first-order valence-corrected chi connectivity index (χ1v) is 11.5. The summed E-state index contributed by atoms with van der Waals surface area (Å²) >= 11 is 0. The highest BCUT2D eigenvalue weighted by Gasteiger charge is 2.27. The van der Waals surface area contributed by atoms with Gasteiger partial charge < -0.3 is 19.7 Å². The largest absolute Gasteiger partial charge is 0.493 e. The molecule has 1 amide bonds.